The summed E-state index contributed by atoms with van der Waals surface area (Å²) in [7, 11) is 0. The van der Waals surface area contributed by atoms with Crippen molar-refractivity contribution in [3.63, 3.8) is 0 Å². The van der Waals surface area contributed by atoms with Gasteiger partial charge in [0.25, 0.3) is 0 Å². The maximum absolute atomic E-state index is 12.2. The number of hydrogen-bond donors (Lipinski definition) is 0. The zero-order valence-electron chi connectivity index (χ0n) is 13.3. The Labute approximate surface area is 136 Å². The fourth-order valence-corrected chi connectivity index (χ4v) is 2.12. The Kier molecular flexibility index (Phi) is 5.76. The molecule has 0 aliphatic carbocycles. The zero-order valence-corrected chi connectivity index (χ0v) is 13.3. The van der Waals surface area contributed by atoms with E-state index in [4.69, 9.17) is 14.7 Å². The Morgan fingerprint density at radius 2 is 1.78 bits per heavy atom. The Morgan fingerprint density at radius 1 is 1.04 bits per heavy atom. The molecule has 4 heteroatoms. The number of hydrogen-bond acceptors (Lipinski definition) is 4. The summed E-state index contributed by atoms with van der Waals surface area (Å²) in [4.78, 5) is 12.2. The van der Waals surface area contributed by atoms with Crippen molar-refractivity contribution in [2.75, 3.05) is 13.2 Å². The minimum atomic E-state index is -0.0977. The van der Waals surface area contributed by atoms with Crippen molar-refractivity contribution in [2.45, 2.75) is 20.3 Å². The number of carbonyl (C=O) groups is 1. The first-order valence-electron chi connectivity index (χ1n) is 7.59. The minimum Gasteiger partial charge on any atom is -0.490 e. The van der Waals surface area contributed by atoms with E-state index in [-0.39, 0.29) is 12.4 Å². The molecular formula is C19H19NO3. The summed E-state index contributed by atoms with van der Waals surface area (Å²) in [5.41, 5.74) is 2.30. The Bertz CT molecular complexity index is 714. The minimum absolute atomic E-state index is 0.0720. The van der Waals surface area contributed by atoms with Gasteiger partial charge in [-0.3, -0.25) is 4.79 Å². The zero-order chi connectivity index (χ0) is 16.7. The summed E-state index contributed by atoms with van der Waals surface area (Å²) in [6.07, 6.45) is 0.938. The molecule has 0 unspecified atom stereocenters. The summed E-state index contributed by atoms with van der Waals surface area (Å²) in [5.74, 6) is 0.838. The first kappa shape index (κ1) is 16.6. The molecule has 0 N–H and O–H groups in total. The van der Waals surface area contributed by atoms with Crippen molar-refractivity contribution in [3.8, 4) is 17.6 Å². The topological polar surface area (TPSA) is 59.3 Å². The third kappa shape index (κ3) is 4.33. The van der Waals surface area contributed by atoms with E-state index in [1.54, 1.807) is 18.2 Å². The molecule has 0 radical (unpaired) electrons. The second kappa shape index (κ2) is 8.00. The van der Waals surface area contributed by atoms with Crippen molar-refractivity contribution in [2.24, 2.45) is 0 Å². The quantitative estimate of drug-likeness (QED) is 0.730. The van der Waals surface area contributed by atoms with Gasteiger partial charge in [0.1, 0.15) is 0 Å². The molecule has 118 valence electrons. The maximum Gasteiger partial charge on any atom is 0.200 e. The van der Waals surface area contributed by atoms with Crippen LogP contribution in [0.1, 0.15) is 35.3 Å². The van der Waals surface area contributed by atoms with E-state index >= 15 is 0 Å². The second-order valence-electron chi connectivity index (χ2n) is 4.97. The van der Waals surface area contributed by atoms with E-state index in [2.05, 4.69) is 13.0 Å². The van der Waals surface area contributed by atoms with Crippen LogP contribution in [0.3, 0.4) is 0 Å². The van der Waals surface area contributed by atoms with Gasteiger partial charge in [-0.1, -0.05) is 31.2 Å². The van der Waals surface area contributed by atoms with E-state index < -0.39 is 0 Å². The normalized spacial score (nSPS) is 9.96. The molecule has 2 rings (SSSR count). The Balaban J connectivity index is 2.07. The number of carbonyl (C=O) groups excluding carboxylic acids is 1. The third-order valence-electron chi connectivity index (χ3n) is 3.42. The summed E-state index contributed by atoms with van der Waals surface area (Å²) in [5, 5.41) is 8.93. The summed E-state index contributed by atoms with van der Waals surface area (Å²) in [6, 6.07) is 14.5. The van der Waals surface area contributed by atoms with Crippen LogP contribution in [-0.2, 0) is 6.42 Å². The molecule has 0 aliphatic heterocycles. The van der Waals surface area contributed by atoms with Crippen LogP contribution in [-0.4, -0.2) is 19.0 Å². The molecule has 0 amide bonds. The van der Waals surface area contributed by atoms with Crippen molar-refractivity contribution in [1.29, 1.82) is 5.26 Å². The molecular weight excluding hydrogens is 290 g/mol. The third-order valence-corrected chi connectivity index (χ3v) is 3.42. The molecule has 4 nitrogen and oxygen atoms in total. The van der Waals surface area contributed by atoms with Gasteiger partial charge in [-0.15, -0.1) is 0 Å². The van der Waals surface area contributed by atoms with Gasteiger partial charge < -0.3 is 9.47 Å². The van der Waals surface area contributed by atoms with Crippen LogP contribution in [0.2, 0.25) is 0 Å². The second-order valence-corrected chi connectivity index (χ2v) is 4.97. The van der Waals surface area contributed by atoms with E-state index in [9.17, 15) is 4.79 Å². The summed E-state index contributed by atoms with van der Waals surface area (Å²) in [6.45, 7) is 4.30. The van der Waals surface area contributed by atoms with Gasteiger partial charge in [-0.05, 0) is 31.0 Å². The van der Waals surface area contributed by atoms with Crippen LogP contribution in [0.15, 0.2) is 42.5 Å². The highest BCUT2D eigenvalue weighted by atomic mass is 16.5. The maximum atomic E-state index is 12.2. The van der Waals surface area contributed by atoms with Crippen molar-refractivity contribution in [1.82, 2.24) is 0 Å². The number of nitriles is 1. The summed E-state index contributed by atoms with van der Waals surface area (Å²) >= 11 is 0. The lowest BCUT2D eigenvalue weighted by Gasteiger charge is -2.11. The molecule has 0 saturated carbocycles. The van der Waals surface area contributed by atoms with Crippen molar-refractivity contribution >= 4 is 5.78 Å². The number of aryl methyl sites for hydroxylation is 1. The molecule has 2 aromatic rings. The number of ketones is 1. The van der Waals surface area contributed by atoms with Crippen LogP contribution in [0.4, 0.5) is 0 Å². The molecule has 0 saturated heterocycles. The lowest BCUT2D eigenvalue weighted by molar-refractivity contribution is 0.0919. The van der Waals surface area contributed by atoms with E-state index in [0.29, 0.717) is 29.2 Å². The highest BCUT2D eigenvalue weighted by molar-refractivity contribution is 5.97. The first-order chi connectivity index (χ1) is 11.2. The highest BCUT2D eigenvalue weighted by Crippen LogP contribution is 2.28. The van der Waals surface area contributed by atoms with Gasteiger partial charge in [-0.2, -0.15) is 5.26 Å². The summed E-state index contributed by atoms with van der Waals surface area (Å²) < 4.78 is 11.0. The molecule has 23 heavy (non-hydrogen) atoms. The SMILES string of the molecule is CCOc1cc(C#N)ccc1OCC(=O)c1ccc(CC)cc1. The highest BCUT2D eigenvalue weighted by Gasteiger charge is 2.11. The standard InChI is InChI=1S/C19H19NO3/c1-3-14-5-8-16(9-6-14)17(21)13-23-18-10-7-15(12-20)11-19(18)22-4-2/h5-11H,3-4,13H2,1-2H3. The molecule has 0 spiro atoms. The van der Waals surface area contributed by atoms with Gasteiger partial charge in [-0.25, -0.2) is 0 Å². The van der Waals surface area contributed by atoms with Gasteiger partial charge in [0.2, 0.25) is 0 Å². The number of benzene rings is 2. The lowest BCUT2D eigenvalue weighted by atomic mass is 10.1. The molecule has 0 heterocycles. The van der Waals surface area contributed by atoms with Gasteiger partial charge in [0.05, 0.1) is 18.2 Å². The van der Waals surface area contributed by atoms with Crippen LogP contribution >= 0.6 is 0 Å². The largest absolute Gasteiger partial charge is 0.490 e. The number of Topliss-reactive ketones (excluding diaryl/α,β-unsaturated/α-hetero) is 1. The lowest BCUT2D eigenvalue weighted by Crippen LogP contribution is -2.12. The average molecular weight is 309 g/mol. The monoisotopic (exact) mass is 309 g/mol. The number of rotatable bonds is 7. The van der Waals surface area contributed by atoms with E-state index in [0.717, 1.165) is 6.42 Å². The van der Waals surface area contributed by atoms with Gasteiger partial charge in [0.15, 0.2) is 23.9 Å². The van der Waals surface area contributed by atoms with Gasteiger partial charge >= 0.3 is 0 Å². The molecule has 0 fully saturated rings. The molecule has 0 bridgehead atoms. The number of nitrogens with zero attached hydrogens (tertiary/aromatic N) is 1. The Hall–Kier alpha value is -2.80. The molecule has 2 aromatic carbocycles. The molecule has 0 aromatic heterocycles. The van der Waals surface area contributed by atoms with Crippen molar-refractivity contribution < 1.29 is 14.3 Å². The van der Waals surface area contributed by atoms with Crippen LogP contribution in [0.5, 0.6) is 11.5 Å². The van der Waals surface area contributed by atoms with Crippen LogP contribution < -0.4 is 9.47 Å². The fourth-order valence-electron chi connectivity index (χ4n) is 2.12. The van der Waals surface area contributed by atoms with Gasteiger partial charge in [0, 0.05) is 11.6 Å². The average Bonchev–Trinajstić information content (AvgIpc) is 2.60. The Morgan fingerprint density at radius 3 is 2.39 bits per heavy atom. The van der Waals surface area contributed by atoms with E-state index in [1.807, 2.05) is 31.2 Å². The van der Waals surface area contributed by atoms with Crippen molar-refractivity contribution in [3.05, 3.63) is 59.2 Å². The smallest absolute Gasteiger partial charge is 0.200 e. The van der Waals surface area contributed by atoms with Crippen LogP contribution in [0.25, 0.3) is 0 Å². The number of ether oxygens (including phenoxy) is 2. The molecule has 0 aliphatic rings. The predicted molar refractivity (Wildman–Crippen MR) is 88.0 cm³/mol. The predicted octanol–water partition coefficient (Wildman–Crippen LogP) is 3.78. The molecule has 0 atom stereocenters. The fraction of sp³-hybridized carbons (Fsp3) is 0.263. The first-order valence-corrected chi connectivity index (χ1v) is 7.59. The van der Waals surface area contributed by atoms with E-state index in [1.165, 1.54) is 5.56 Å². The van der Waals surface area contributed by atoms with Crippen LogP contribution in [0, 0.1) is 11.3 Å².